The third-order valence-electron chi connectivity index (χ3n) is 2.35. The molecule has 4 heteroatoms. The maximum Gasteiger partial charge on any atom is 0.217 e. The van der Waals surface area contributed by atoms with E-state index in [0.29, 0.717) is 6.42 Å². The average molecular weight is 209 g/mol. The molecular formula is C11H19N3O. The van der Waals surface area contributed by atoms with E-state index in [4.69, 9.17) is 5.73 Å². The second-order valence-electron chi connectivity index (χ2n) is 3.53. The summed E-state index contributed by atoms with van der Waals surface area (Å²) in [4.78, 5) is 10.5. The van der Waals surface area contributed by atoms with Crippen LogP contribution >= 0.6 is 0 Å². The normalized spacial score (nSPS) is 10.5. The summed E-state index contributed by atoms with van der Waals surface area (Å²) in [6, 6.07) is 4.15. The largest absolute Gasteiger partial charge is 0.370 e. The Morgan fingerprint density at radius 2 is 2.40 bits per heavy atom. The zero-order valence-electron chi connectivity index (χ0n) is 9.20. The Balaban J connectivity index is 2.17. The zero-order valence-corrected chi connectivity index (χ0v) is 9.20. The van der Waals surface area contributed by atoms with E-state index in [1.165, 1.54) is 5.69 Å². The Morgan fingerprint density at radius 3 is 3.07 bits per heavy atom. The molecule has 15 heavy (non-hydrogen) atoms. The van der Waals surface area contributed by atoms with Crippen molar-refractivity contribution in [1.82, 2.24) is 9.88 Å². The molecule has 3 N–H and O–H groups in total. The number of nitrogens with zero attached hydrogens (tertiary/aromatic N) is 1. The number of nitrogens with one attached hydrogen (secondary N) is 1. The second-order valence-corrected chi connectivity index (χ2v) is 3.53. The van der Waals surface area contributed by atoms with Gasteiger partial charge in [0.2, 0.25) is 5.91 Å². The van der Waals surface area contributed by atoms with Crippen LogP contribution < -0.4 is 11.1 Å². The van der Waals surface area contributed by atoms with Gasteiger partial charge in [-0.05, 0) is 32.0 Å². The Kier molecular flexibility index (Phi) is 4.90. The van der Waals surface area contributed by atoms with Crippen LogP contribution in [0.15, 0.2) is 18.3 Å². The molecule has 0 aliphatic heterocycles. The number of aryl methyl sites for hydroxylation is 1. The van der Waals surface area contributed by atoms with Crippen LogP contribution in [0.3, 0.4) is 0 Å². The summed E-state index contributed by atoms with van der Waals surface area (Å²) in [5.74, 6) is -0.228. The van der Waals surface area contributed by atoms with Crippen molar-refractivity contribution in [2.75, 3.05) is 6.54 Å². The fraction of sp³-hybridized carbons (Fsp3) is 0.545. The standard InChI is InChI=1S/C11H19N3O/c1-2-14-8-4-5-10(14)9-13-7-3-6-11(12)15/h4-5,8,13H,2-3,6-7,9H2,1H3,(H2,12,15). The first kappa shape index (κ1) is 11.8. The lowest BCUT2D eigenvalue weighted by Gasteiger charge is -2.07. The highest BCUT2D eigenvalue weighted by Crippen LogP contribution is 2.01. The molecule has 0 fully saturated rings. The van der Waals surface area contributed by atoms with Crippen molar-refractivity contribution < 1.29 is 4.79 Å². The summed E-state index contributed by atoms with van der Waals surface area (Å²) in [6.07, 6.45) is 3.34. The number of hydrogen-bond donors (Lipinski definition) is 2. The minimum atomic E-state index is -0.228. The molecule has 1 amide bonds. The molecule has 84 valence electrons. The SMILES string of the molecule is CCn1cccc1CNCCCC(N)=O. The molecule has 1 heterocycles. The molecule has 0 bridgehead atoms. The van der Waals surface area contributed by atoms with Crippen molar-refractivity contribution in [3.8, 4) is 0 Å². The predicted octanol–water partition coefficient (Wildman–Crippen LogP) is 0.863. The van der Waals surface area contributed by atoms with Gasteiger partial charge < -0.3 is 15.6 Å². The van der Waals surface area contributed by atoms with Crippen LogP contribution in [0, 0.1) is 0 Å². The van der Waals surface area contributed by atoms with Crippen molar-refractivity contribution in [3.05, 3.63) is 24.0 Å². The van der Waals surface area contributed by atoms with Gasteiger partial charge in [-0.2, -0.15) is 0 Å². The Hall–Kier alpha value is -1.29. The number of aromatic nitrogens is 1. The van der Waals surface area contributed by atoms with Crippen molar-refractivity contribution in [2.24, 2.45) is 5.73 Å². The molecule has 0 radical (unpaired) electrons. The predicted molar refractivity (Wildman–Crippen MR) is 60.2 cm³/mol. The van der Waals surface area contributed by atoms with Gasteiger partial charge in [-0.25, -0.2) is 0 Å². The van der Waals surface area contributed by atoms with E-state index < -0.39 is 0 Å². The first-order valence-corrected chi connectivity index (χ1v) is 5.37. The van der Waals surface area contributed by atoms with E-state index in [9.17, 15) is 4.79 Å². The maximum absolute atomic E-state index is 10.5. The fourth-order valence-corrected chi connectivity index (χ4v) is 1.52. The summed E-state index contributed by atoms with van der Waals surface area (Å²) < 4.78 is 2.20. The van der Waals surface area contributed by atoms with Crippen LogP contribution in [0.2, 0.25) is 0 Å². The van der Waals surface area contributed by atoms with Crippen molar-refractivity contribution in [2.45, 2.75) is 32.9 Å². The second kappa shape index (κ2) is 6.24. The summed E-state index contributed by atoms with van der Waals surface area (Å²) in [7, 11) is 0. The average Bonchev–Trinajstić information content (AvgIpc) is 2.64. The molecule has 0 aromatic carbocycles. The third-order valence-corrected chi connectivity index (χ3v) is 2.35. The molecule has 0 saturated heterocycles. The summed E-state index contributed by atoms with van der Waals surface area (Å²) in [6.45, 7) is 4.79. The number of amides is 1. The van der Waals surface area contributed by atoms with E-state index in [2.05, 4.69) is 29.1 Å². The smallest absolute Gasteiger partial charge is 0.217 e. The van der Waals surface area contributed by atoms with E-state index in [1.807, 2.05) is 6.07 Å². The van der Waals surface area contributed by atoms with Crippen LogP contribution in [-0.2, 0) is 17.9 Å². The van der Waals surface area contributed by atoms with Gasteiger partial charge in [0.1, 0.15) is 0 Å². The number of nitrogens with two attached hydrogens (primary N) is 1. The number of primary amides is 1. The molecule has 0 saturated carbocycles. The lowest BCUT2D eigenvalue weighted by atomic mass is 10.3. The van der Waals surface area contributed by atoms with Crippen LogP contribution in [0.5, 0.6) is 0 Å². The Labute approximate surface area is 90.5 Å². The van der Waals surface area contributed by atoms with Crippen LogP contribution in [-0.4, -0.2) is 17.0 Å². The van der Waals surface area contributed by atoms with Gasteiger partial charge in [-0.15, -0.1) is 0 Å². The van der Waals surface area contributed by atoms with E-state index in [1.54, 1.807) is 0 Å². The summed E-state index contributed by atoms with van der Waals surface area (Å²) in [5.41, 5.74) is 6.32. The number of carbonyl (C=O) groups excluding carboxylic acids is 1. The fourth-order valence-electron chi connectivity index (χ4n) is 1.52. The lowest BCUT2D eigenvalue weighted by molar-refractivity contribution is -0.118. The molecule has 1 rings (SSSR count). The van der Waals surface area contributed by atoms with Crippen LogP contribution in [0.1, 0.15) is 25.5 Å². The van der Waals surface area contributed by atoms with Crippen molar-refractivity contribution >= 4 is 5.91 Å². The first-order valence-electron chi connectivity index (χ1n) is 5.37. The van der Waals surface area contributed by atoms with E-state index in [-0.39, 0.29) is 5.91 Å². The molecule has 1 aromatic rings. The summed E-state index contributed by atoms with van der Waals surface area (Å²) >= 11 is 0. The molecule has 0 spiro atoms. The van der Waals surface area contributed by atoms with Gasteiger partial charge in [0.15, 0.2) is 0 Å². The zero-order chi connectivity index (χ0) is 11.1. The topological polar surface area (TPSA) is 60.1 Å². The minimum Gasteiger partial charge on any atom is -0.370 e. The minimum absolute atomic E-state index is 0.228. The molecule has 4 nitrogen and oxygen atoms in total. The van der Waals surface area contributed by atoms with Crippen molar-refractivity contribution in [3.63, 3.8) is 0 Å². The maximum atomic E-state index is 10.5. The van der Waals surface area contributed by atoms with Gasteiger partial charge >= 0.3 is 0 Å². The van der Waals surface area contributed by atoms with E-state index in [0.717, 1.165) is 26.1 Å². The molecule has 0 aliphatic carbocycles. The molecular weight excluding hydrogens is 190 g/mol. The third kappa shape index (κ3) is 4.16. The molecule has 0 atom stereocenters. The number of rotatable bonds is 7. The molecule has 0 unspecified atom stereocenters. The molecule has 0 aliphatic rings. The number of hydrogen-bond acceptors (Lipinski definition) is 2. The molecule has 1 aromatic heterocycles. The first-order chi connectivity index (χ1) is 7.24. The highest BCUT2D eigenvalue weighted by Gasteiger charge is 1.98. The Morgan fingerprint density at radius 1 is 1.60 bits per heavy atom. The van der Waals surface area contributed by atoms with Crippen LogP contribution in [0.25, 0.3) is 0 Å². The van der Waals surface area contributed by atoms with Gasteiger partial charge in [0.25, 0.3) is 0 Å². The summed E-state index contributed by atoms with van der Waals surface area (Å²) in [5, 5.41) is 3.29. The highest BCUT2D eigenvalue weighted by atomic mass is 16.1. The highest BCUT2D eigenvalue weighted by molar-refractivity contribution is 5.73. The van der Waals surface area contributed by atoms with Gasteiger partial charge in [-0.1, -0.05) is 0 Å². The van der Waals surface area contributed by atoms with Gasteiger partial charge in [0.05, 0.1) is 0 Å². The van der Waals surface area contributed by atoms with Gasteiger partial charge in [0, 0.05) is 31.4 Å². The Bertz CT molecular complexity index is 307. The van der Waals surface area contributed by atoms with E-state index >= 15 is 0 Å². The van der Waals surface area contributed by atoms with Crippen LogP contribution in [0.4, 0.5) is 0 Å². The number of carbonyl (C=O) groups is 1. The lowest BCUT2D eigenvalue weighted by Crippen LogP contribution is -2.19. The van der Waals surface area contributed by atoms with Gasteiger partial charge in [-0.3, -0.25) is 4.79 Å². The quantitative estimate of drug-likeness (QED) is 0.654. The van der Waals surface area contributed by atoms with Crippen molar-refractivity contribution in [1.29, 1.82) is 0 Å². The monoisotopic (exact) mass is 209 g/mol.